The molecular formula is C9H8OS2. The van der Waals surface area contributed by atoms with E-state index in [1.54, 1.807) is 11.8 Å². The summed E-state index contributed by atoms with van der Waals surface area (Å²) >= 11 is 6.55. The summed E-state index contributed by atoms with van der Waals surface area (Å²) in [4.78, 5) is 0. The van der Waals surface area contributed by atoms with Crippen molar-refractivity contribution < 1.29 is 4.74 Å². The lowest BCUT2D eigenvalue weighted by atomic mass is 10.1. The first-order valence-electron chi connectivity index (χ1n) is 3.74. The standard InChI is InChI=1S/C9H8OS2/c11-9-10-8(6-12-9)7-4-2-1-3-5-7/h1-5,8H,6H2/t8-/m0/s1. The van der Waals surface area contributed by atoms with E-state index >= 15 is 0 Å². The van der Waals surface area contributed by atoms with Crippen molar-refractivity contribution in [3.63, 3.8) is 0 Å². The van der Waals surface area contributed by atoms with Gasteiger partial charge in [0.1, 0.15) is 6.10 Å². The fourth-order valence-electron chi connectivity index (χ4n) is 1.16. The first-order chi connectivity index (χ1) is 5.86. The lowest BCUT2D eigenvalue weighted by Crippen LogP contribution is -1.98. The van der Waals surface area contributed by atoms with E-state index in [-0.39, 0.29) is 6.10 Å². The molecule has 12 heavy (non-hydrogen) atoms. The van der Waals surface area contributed by atoms with Crippen LogP contribution < -0.4 is 0 Å². The second-order valence-corrected chi connectivity index (χ2v) is 4.20. The Morgan fingerprint density at radius 2 is 2.08 bits per heavy atom. The van der Waals surface area contributed by atoms with Crippen molar-refractivity contribution in [2.45, 2.75) is 6.10 Å². The topological polar surface area (TPSA) is 9.23 Å². The Hall–Kier alpha value is -0.540. The Morgan fingerprint density at radius 1 is 1.33 bits per heavy atom. The van der Waals surface area contributed by atoms with E-state index in [9.17, 15) is 0 Å². The van der Waals surface area contributed by atoms with Crippen LogP contribution in [0.1, 0.15) is 11.7 Å². The molecule has 0 bridgehead atoms. The highest BCUT2D eigenvalue weighted by Gasteiger charge is 2.22. The van der Waals surface area contributed by atoms with Crippen molar-refractivity contribution in [2.24, 2.45) is 0 Å². The Balaban J connectivity index is 2.16. The minimum Gasteiger partial charge on any atom is -0.469 e. The molecule has 1 aliphatic heterocycles. The predicted molar refractivity (Wildman–Crippen MR) is 55.3 cm³/mol. The van der Waals surface area contributed by atoms with Crippen LogP contribution in [0.3, 0.4) is 0 Å². The fourth-order valence-corrected chi connectivity index (χ4v) is 2.21. The molecule has 0 aromatic heterocycles. The zero-order valence-corrected chi connectivity index (χ0v) is 8.03. The molecule has 1 aromatic rings. The van der Waals surface area contributed by atoms with Gasteiger partial charge in [0, 0.05) is 5.75 Å². The number of thioether (sulfide) groups is 1. The van der Waals surface area contributed by atoms with Crippen LogP contribution in [0.25, 0.3) is 0 Å². The van der Waals surface area contributed by atoms with E-state index in [4.69, 9.17) is 17.0 Å². The van der Waals surface area contributed by atoms with Crippen LogP contribution in [0.5, 0.6) is 0 Å². The summed E-state index contributed by atoms with van der Waals surface area (Å²) in [5, 5.41) is 0. The maximum atomic E-state index is 5.44. The van der Waals surface area contributed by atoms with E-state index in [1.165, 1.54) is 5.56 Å². The number of benzene rings is 1. The van der Waals surface area contributed by atoms with Gasteiger partial charge >= 0.3 is 0 Å². The van der Waals surface area contributed by atoms with E-state index in [1.807, 2.05) is 18.2 Å². The number of hydrogen-bond donors (Lipinski definition) is 0. The summed E-state index contributed by atoms with van der Waals surface area (Å²) in [5.41, 5.74) is 1.21. The van der Waals surface area contributed by atoms with Crippen LogP contribution in [-0.2, 0) is 4.74 Å². The van der Waals surface area contributed by atoms with Crippen molar-refractivity contribution >= 4 is 28.4 Å². The number of rotatable bonds is 1. The maximum absolute atomic E-state index is 5.44. The molecule has 62 valence electrons. The van der Waals surface area contributed by atoms with Crippen molar-refractivity contribution in [2.75, 3.05) is 5.75 Å². The Kier molecular flexibility index (Phi) is 2.33. The van der Waals surface area contributed by atoms with Crippen molar-refractivity contribution in [1.29, 1.82) is 0 Å². The zero-order valence-electron chi connectivity index (χ0n) is 6.40. The highest BCUT2D eigenvalue weighted by Crippen LogP contribution is 2.31. The summed E-state index contributed by atoms with van der Waals surface area (Å²) in [7, 11) is 0. The van der Waals surface area contributed by atoms with Gasteiger partial charge in [0.25, 0.3) is 0 Å². The third kappa shape index (κ3) is 1.62. The second kappa shape index (κ2) is 3.46. The predicted octanol–water partition coefficient (Wildman–Crippen LogP) is 2.78. The number of hydrogen-bond acceptors (Lipinski definition) is 3. The van der Waals surface area contributed by atoms with Gasteiger partial charge < -0.3 is 4.74 Å². The van der Waals surface area contributed by atoms with Crippen molar-refractivity contribution in [3.8, 4) is 0 Å². The van der Waals surface area contributed by atoms with Crippen LogP contribution in [0, 0.1) is 0 Å². The third-order valence-corrected chi connectivity index (χ3v) is 3.01. The summed E-state index contributed by atoms with van der Waals surface area (Å²) in [6.45, 7) is 0. The van der Waals surface area contributed by atoms with Crippen LogP contribution in [-0.4, -0.2) is 10.1 Å². The smallest absolute Gasteiger partial charge is 0.220 e. The largest absolute Gasteiger partial charge is 0.469 e. The molecule has 0 spiro atoms. The Morgan fingerprint density at radius 3 is 2.67 bits per heavy atom. The molecule has 1 saturated heterocycles. The molecule has 0 amide bonds. The van der Waals surface area contributed by atoms with E-state index in [0.29, 0.717) is 4.38 Å². The zero-order chi connectivity index (χ0) is 8.39. The van der Waals surface area contributed by atoms with Gasteiger partial charge in [-0.25, -0.2) is 0 Å². The van der Waals surface area contributed by atoms with Crippen LogP contribution in [0.2, 0.25) is 0 Å². The van der Waals surface area contributed by atoms with Crippen LogP contribution >= 0.6 is 24.0 Å². The van der Waals surface area contributed by atoms with Crippen LogP contribution in [0.4, 0.5) is 0 Å². The van der Waals surface area contributed by atoms with Gasteiger partial charge in [0.15, 0.2) is 0 Å². The molecule has 1 aromatic carbocycles. The average molecular weight is 196 g/mol. The molecule has 0 aliphatic carbocycles. The molecule has 0 saturated carbocycles. The molecule has 3 heteroatoms. The van der Waals surface area contributed by atoms with Crippen LogP contribution in [0.15, 0.2) is 30.3 Å². The van der Waals surface area contributed by atoms with E-state index < -0.39 is 0 Å². The summed E-state index contributed by atoms with van der Waals surface area (Å²) < 4.78 is 6.11. The van der Waals surface area contributed by atoms with Gasteiger partial charge in [0.2, 0.25) is 4.38 Å². The van der Waals surface area contributed by atoms with Gasteiger partial charge in [-0.2, -0.15) is 0 Å². The number of thiocarbonyl (C=S) groups is 1. The molecule has 2 rings (SSSR count). The molecular weight excluding hydrogens is 188 g/mol. The van der Waals surface area contributed by atoms with Crippen molar-refractivity contribution in [1.82, 2.24) is 0 Å². The molecule has 1 fully saturated rings. The normalized spacial score (nSPS) is 22.3. The minimum atomic E-state index is 0.170. The minimum absolute atomic E-state index is 0.170. The Bertz CT molecular complexity index is 284. The van der Waals surface area contributed by atoms with Gasteiger partial charge in [-0.05, 0) is 17.8 Å². The molecule has 1 nitrogen and oxygen atoms in total. The van der Waals surface area contributed by atoms with E-state index in [2.05, 4.69) is 12.1 Å². The summed E-state index contributed by atoms with van der Waals surface area (Å²) in [6, 6.07) is 10.2. The molecule has 0 unspecified atom stereocenters. The summed E-state index contributed by atoms with van der Waals surface area (Å²) in [5.74, 6) is 0.947. The monoisotopic (exact) mass is 196 g/mol. The molecule has 0 N–H and O–H groups in total. The van der Waals surface area contributed by atoms with E-state index in [0.717, 1.165) is 5.75 Å². The average Bonchev–Trinajstić information content (AvgIpc) is 2.54. The molecule has 1 heterocycles. The van der Waals surface area contributed by atoms with Gasteiger partial charge in [-0.15, -0.1) is 0 Å². The molecule has 0 radical (unpaired) electrons. The SMILES string of the molecule is S=C1O[C@H](c2ccccc2)CS1. The quantitative estimate of drug-likeness (QED) is 0.639. The second-order valence-electron chi connectivity index (χ2n) is 2.58. The lowest BCUT2D eigenvalue weighted by molar-refractivity contribution is 0.242. The fraction of sp³-hybridized carbons (Fsp3) is 0.222. The highest BCUT2D eigenvalue weighted by molar-refractivity contribution is 8.22. The third-order valence-electron chi connectivity index (χ3n) is 1.76. The first kappa shape index (κ1) is 8.08. The Labute approximate surface area is 81.1 Å². The molecule has 1 atom stereocenters. The lowest BCUT2D eigenvalue weighted by Gasteiger charge is -2.07. The van der Waals surface area contributed by atoms with Gasteiger partial charge in [0.05, 0.1) is 0 Å². The summed E-state index contributed by atoms with van der Waals surface area (Å²) in [6.07, 6.45) is 0.170. The highest BCUT2D eigenvalue weighted by atomic mass is 32.2. The maximum Gasteiger partial charge on any atom is 0.220 e. The number of ether oxygens (including phenoxy) is 1. The van der Waals surface area contributed by atoms with Crippen molar-refractivity contribution in [3.05, 3.63) is 35.9 Å². The molecule has 1 aliphatic rings. The first-order valence-corrected chi connectivity index (χ1v) is 5.14. The van der Waals surface area contributed by atoms with Gasteiger partial charge in [-0.3, -0.25) is 0 Å². The van der Waals surface area contributed by atoms with Gasteiger partial charge in [-0.1, -0.05) is 42.1 Å².